The van der Waals surface area contributed by atoms with Gasteiger partial charge in [-0.1, -0.05) is 56.3 Å². The van der Waals surface area contributed by atoms with Crippen molar-refractivity contribution in [3.8, 4) is 0 Å². The summed E-state index contributed by atoms with van der Waals surface area (Å²) in [5.41, 5.74) is 2.54. The van der Waals surface area contributed by atoms with Crippen molar-refractivity contribution in [2.24, 2.45) is 0 Å². The molecule has 0 heterocycles. The number of benzene rings is 2. The molecule has 0 aliphatic carbocycles. The molecule has 0 fully saturated rings. The van der Waals surface area contributed by atoms with Crippen molar-refractivity contribution in [2.75, 3.05) is 18.9 Å². The number of hydrogen-bond donors (Lipinski definition) is 2. The number of amides is 3. The molecule has 0 spiro atoms. The number of nitrogens with one attached hydrogen (secondary N) is 2. The zero-order valence-electron chi connectivity index (χ0n) is 16.7. The van der Waals surface area contributed by atoms with Crippen LogP contribution in [0.4, 0.5) is 5.69 Å². The molecule has 1 atom stereocenters. The molecule has 2 N–H and O–H groups in total. The first-order valence-electron chi connectivity index (χ1n) is 9.25. The maximum atomic E-state index is 13.0. The van der Waals surface area contributed by atoms with E-state index in [4.69, 9.17) is 0 Å². The van der Waals surface area contributed by atoms with Crippen molar-refractivity contribution in [2.45, 2.75) is 32.7 Å². The molecule has 2 aromatic rings. The van der Waals surface area contributed by atoms with Crippen LogP contribution in [0.15, 0.2) is 54.6 Å². The highest BCUT2D eigenvalue weighted by Crippen LogP contribution is 2.23. The maximum Gasteiger partial charge on any atom is 0.251 e. The minimum atomic E-state index is -0.813. The van der Waals surface area contributed by atoms with Crippen LogP contribution in [0.25, 0.3) is 0 Å². The molecule has 0 aliphatic rings. The molecule has 0 saturated carbocycles. The van der Waals surface area contributed by atoms with Crippen LogP contribution in [0.3, 0.4) is 0 Å². The normalized spacial score (nSPS) is 11.6. The van der Waals surface area contributed by atoms with Crippen LogP contribution in [-0.4, -0.2) is 36.2 Å². The van der Waals surface area contributed by atoms with Crippen LogP contribution < -0.4 is 10.6 Å². The molecular formula is C22H27N3O3. The summed E-state index contributed by atoms with van der Waals surface area (Å²) < 4.78 is 0. The third-order valence-corrected chi connectivity index (χ3v) is 4.48. The SMILES string of the molecule is CC(=O)NCC(=O)N(C)[C@H](C(=O)Nc1ccc(C(C)C)cc1)c1ccccc1. The molecule has 0 saturated heterocycles. The van der Waals surface area contributed by atoms with Crippen molar-refractivity contribution in [3.63, 3.8) is 0 Å². The van der Waals surface area contributed by atoms with E-state index in [1.165, 1.54) is 17.4 Å². The van der Waals surface area contributed by atoms with Crippen LogP contribution in [0.2, 0.25) is 0 Å². The molecule has 3 amide bonds. The van der Waals surface area contributed by atoms with Crippen molar-refractivity contribution in [1.82, 2.24) is 10.2 Å². The van der Waals surface area contributed by atoms with E-state index in [1.54, 1.807) is 19.2 Å². The van der Waals surface area contributed by atoms with Gasteiger partial charge < -0.3 is 15.5 Å². The summed E-state index contributed by atoms with van der Waals surface area (Å²) in [6.45, 7) is 5.39. The number of carbonyl (C=O) groups excluding carboxylic acids is 3. The Balaban J connectivity index is 2.22. The van der Waals surface area contributed by atoms with Crippen LogP contribution in [-0.2, 0) is 14.4 Å². The Morgan fingerprint density at radius 2 is 1.54 bits per heavy atom. The fourth-order valence-corrected chi connectivity index (χ4v) is 2.82. The maximum absolute atomic E-state index is 13.0. The fourth-order valence-electron chi connectivity index (χ4n) is 2.82. The van der Waals surface area contributed by atoms with Gasteiger partial charge in [-0.3, -0.25) is 14.4 Å². The average Bonchev–Trinajstić information content (AvgIpc) is 2.67. The Hall–Kier alpha value is -3.15. The first kappa shape index (κ1) is 21.2. The monoisotopic (exact) mass is 381 g/mol. The molecular weight excluding hydrogens is 354 g/mol. The molecule has 0 unspecified atom stereocenters. The van der Waals surface area contributed by atoms with Gasteiger partial charge in [-0.05, 0) is 29.2 Å². The highest BCUT2D eigenvalue weighted by Gasteiger charge is 2.28. The van der Waals surface area contributed by atoms with Gasteiger partial charge in [-0.25, -0.2) is 0 Å². The predicted molar refractivity (Wildman–Crippen MR) is 110 cm³/mol. The number of nitrogens with zero attached hydrogens (tertiary/aromatic N) is 1. The molecule has 148 valence electrons. The summed E-state index contributed by atoms with van der Waals surface area (Å²) in [4.78, 5) is 37.9. The zero-order chi connectivity index (χ0) is 20.7. The number of hydrogen-bond acceptors (Lipinski definition) is 3. The Morgan fingerprint density at radius 1 is 0.929 bits per heavy atom. The van der Waals surface area contributed by atoms with Crippen LogP contribution in [0, 0.1) is 0 Å². The minimum Gasteiger partial charge on any atom is -0.347 e. The van der Waals surface area contributed by atoms with Crippen LogP contribution >= 0.6 is 0 Å². The van der Waals surface area contributed by atoms with E-state index in [-0.39, 0.29) is 24.3 Å². The second-order valence-corrected chi connectivity index (χ2v) is 6.99. The largest absolute Gasteiger partial charge is 0.347 e. The van der Waals surface area contributed by atoms with Crippen LogP contribution in [0.5, 0.6) is 0 Å². The van der Waals surface area contributed by atoms with E-state index in [0.29, 0.717) is 17.2 Å². The first-order chi connectivity index (χ1) is 13.3. The van der Waals surface area contributed by atoms with E-state index in [2.05, 4.69) is 24.5 Å². The second kappa shape index (κ2) is 9.69. The Morgan fingerprint density at radius 3 is 2.07 bits per heavy atom. The Bertz CT molecular complexity index is 817. The van der Waals surface area contributed by atoms with Crippen molar-refractivity contribution < 1.29 is 14.4 Å². The third kappa shape index (κ3) is 5.67. The van der Waals surface area contributed by atoms with Gasteiger partial charge >= 0.3 is 0 Å². The van der Waals surface area contributed by atoms with E-state index < -0.39 is 6.04 Å². The molecule has 0 aliphatic heterocycles. The fraction of sp³-hybridized carbons (Fsp3) is 0.318. The standard InChI is InChI=1S/C22H27N3O3/c1-15(2)17-10-12-19(13-11-17)24-22(28)21(18-8-6-5-7-9-18)25(4)20(27)14-23-16(3)26/h5-13,15,21H,14H2,1-4H3,(H,23,26)(H,24,28)/t21-/m0/s1. The summed E-state index contributed by atoms with van der Waals surface area (Å²) in [6, 6.07) is 15.9. The third-order valence-electron chi connectivity index (χ3n) is 4.48. The van der Waals surface area contributed by atoms with Gasteiger partial charge in [0.25, 0.3) is 5.91 Å². The van der Waals surface area contributed by atoms with Gasteiger partial charge in [0.15, 0.2) is 0 Å². The van der Waals surface area contributed by atoms with Crippen molar-refractivity contribution in [3.05, 3.63) is 65.7 Å². The molecule has 28 heavy (non-hydrogen) atoms. The predicted octanol–water partition coefficient (Wildman–Crippen LogP) is 3.08. The van der Waals surface area contributed by atoms with E-state index in [9.17, 15) is 14.4 Å². The van der Waals surface area contributed by atoms with Crippen molar-refractivity contribution >= 4 is 23.4 Å². The number of likely N-dealkylation sites (N-methyl/N-ethyl adjacent to an activating group) is 1. The lowest BCUT2D eigenvalue weighted by Gasteiger charge is -2.28. The van der Waals surface area contributed by atoms with Crippen molar-refractivity contribution in [1.29, 1.82) is 0 Å². The van der Waals surface area contributed by atoms with Gasteiger partial charge in [0.1, 0.15) is 6.04 Å². The summed E-state index contributed by atoms with van der Waals surface area (Å²) in [5.74, 6) is -0.566. The average molecular weight is 381 g/mol. The summed E-state index contributed by atoms with van der Waals surface area (Å²) in [7, 11) is 1.56. The summed E-state index contributed by atoms with van der Waals surface area (Å²) in [6.07, 6.45) is 0. The van der Waals surface area contributed by atoms with Gasteiger partial charge in [-0.15, -0.1) is 0 Å². The van der Waals surface area contributed by atoms with Gasteiger partial charge in [0.05, 0.1) is 6.54 Å². The molecule has 0 aromatic heterocycles. The van der Waals surface area contributed by atoms with E-state index in [0.717, 1.165) is 0 Å². The number of anilines is 1. The minimum absolute atomic E-state index is 0.161. The first-order valence-corrected chi connectivity index (χ1v) is 9.25. The molecule has 6 heteroatoms. The lowest BCUT2D eigenvalue weighted by atomic mass is 10.0. The lowest BCUT2D eigenvalue weighted by molar-refractivity contribution is -0.137. The molecule has 2 aromatic carbocycles. The lowest BCUT2D eigenvalue weighted by Crippen LogP contribution is -2.43. The quantitative estimate of drug-likeness (QED) is 0.774. The molecule has 6 nitrogen and oxygen atoms in total. The topological polar surface area (TPSA) is 78.5 Å². The molecule has 2 rings (SSSR count). The molecule has 0 bridgehead atoms. The molecule has 0 radical (unpaired) electrons. The van der Waals surface area contributed by atoms with Gasteiger partial charge in [-0.2, -0.15) is 0 Å². The smallest absolute Gasteiger partial charge is 0.251 e. The zero-order valence-corrected chi connectivity index (χ0v) is 16.7. The second-order valence-electron chi connectivity index (χ2n) is 6.99. The Kier molecular flexibility index (Phi) is 7.32. The summed E-state index contributed by atoms with van der Waals surface area (Å²) >= 11 is 0. The van der Waals surface area contributed by atoms with E-state index >= 15 is 0 Å². The van der Waals surface area contributed by atoms with Gasteiger partial charge in [0.2, 0.25) is 11.8 Å². The number of rotatable bonds is 7. The number of carbonyl (C=O) groups is 3. The highest BCUT2D eigenvalue weighted by atomic mass is 16.2. The Labute approximate surface area is 165 Å². The van der Waals surface area contributed by atoms with Gasteiger partial charge in [0, 0.05) is 19.7 Å². The highest BCUT2D eigenvalue weighted by molar-refractivity contribution is 5.98. The van der Waals surface area contributed by atoms with Crippen LogP contribution in [0.1, 0.15) is 43.9 Å². The van der Waals surface area contributed by atoms with E-state index in [1.807, 2.05) is 42.5 Å². The summed E-state index contributed by atoms with van der Waals surface area (Å²) in [5, 5.41) is 5.36.